The fraction of sp³-hybridized carbons (Fsp3) is 0.742. The second-order valence-corrected chi connectivity index (χ2v) is 20.2. The molecule has 0 heterocycles. The highest BCUT2D eigenvalue weighted by atomic mass is 16.6. The molecule has 0 aromatic carbocycles. The van der Waals surface area contributed by atoms with E-state index >= 15 is 0 Å². The first-order chi connectivity index (χ1) is 35.5. The molecular formula is C66H114O6. The molecule has 0 saturated heterocycles. The van der Waals surface area contributed by atoms with E-state index in [-0.39, 0.29) is 37.5 Å². The van der Waals surface area contributed by atoms with Crippen LogP contribution >= 0.6 is 0 Å². The summed E-state index contributed by atoms with van der Waals surface area (Å²) in [5.41, 5.74) is 0. The molecule has 1 unspecified atom stereocenters. The molecule has 0 radical (unpaired) electrons. The lowest BCUT2D eigenvalue weighted by Gasteiger charge is -2.18. The summed E-state index contributed by atoms with van der Waals surface area (Å²) in [6.45, 7) is 6.50. The normalized spacial score (nSPS) is 12.7. The average molecular weight is 1000 g/mol. The summed E-state index contributed by atoms with van der Waals surface area (Å²) in [6, 6.07) is 0. The topological polar surface area (TPSA) is 78.9 Å². The van der Waals surface area contributed by atoms with Gasteiger partial charge < -0.3 is 14.2 Å². The highest BCUT2D eigenvalue weighted by Crippen LogP contribution is 2.15. The van der Waals surface area contributed by atoms with Gasteiger partial charge in [-0.3, -0.25) is 14.4 Å². The molecule has 6 nitrogen and oxygen atoms in total. The standard InChI is InChI=1S/C66H114O6/c1-4-7-10-13-16-19-22-25-28-30-32-33-35-36-38-41-44-47-50-53-56-59-65(68)71-62-63(61-70-64(67)58-55-52-49-46-43-40-27-24-21-18-15-12-9-6-3)72-66(69)60-57-54-51-48-45-42-39-37-34-31-29-26-23-20-17-14-11-8-5-2/h8,11,17,20,24,26-27,29-30,32,34,37,42,45,63H,4-7,9-10,12-16,18-19,21-23,25,28,31,33,35-36,38-41,43-44,46-62H2,1-3H3/b11-8-,20-17-,27-24-,29-26-,32-30-,37-34-,45-42-. The fourth-order valence-corrected chi connectivity index (χ4v) is 8.52. The fourth-order valence-electron chi connectivity index (χ4n) is 8.52. The Balaban J connectivity index is 4.42. The van der Waals surface area contributed by atoms with Crippen LogP contribution in [0, 0.1) is 0 Å². The SMILES string of the molecule is CC/C=C\C/C=C\C/C=C\C/C=C\C/C=C\CCCCCC(=O)OC(COC(=O)CCCCCCC/C=C\CCCCCCC)COC(=O)CCCCCCCCCCC/C=C\CCCCCCCCCC. The van der Waals surface area contributed by atoms with Gasteiger partial charge in [-0.2, -0.15) is 0 Å². The number of carbonyl (C=O) groups excluding carboxylic acids is 3. The van der Waals surface area contributed by atoms with Crippen molar-refractivity contribution in [3.8, 4) is 0 Å². The number of esters is 3. The van der Waals surface area contributed by atoms with Crippen LogP contribution in [-0.4, -0.2) is 37.2 Å². The number of allylic oxidation sites excluding steroid dienone is 14. The van der Waals surface area contributed by atoms with E-state index in [2.05, 4.69) is 106 Å². The predicted molar refractivity (Wildman–Crippen MR) is 311 cm³/mol. The van der Waals surface area contributed by atoms with E-state index in [1.54, 1.807) is 0 Å². The maximum Gasteiger partial charge on any atom is 0.306 e. The minimum atomic E-state index is -0.799. The van der Waals surface area contributed by atoms with E-state index in [9.17, 15) is 14.4 Å². The molecule has 0 N–H and O–H groups in total. The van der Waals surface area contributed by atoms with Crippen molar-refractivity contribution in [3.63, 3.8) is 0 Å². The second-order valence-electron chi connectivity index (χ2n) is 20.2. The van der Waals surface area contributed by atoms with Crippen molar-refractivity contribution in [1.82, 2.24) is 0 Å². The monoisotopic (exact) mass is 1000 g/mol. The molecule has 0 spiro atoms. The number of hydrogen-bond donors (Lipinski definition) is 0. The Hall–Kier alpha value is -3.41. The maximum atomic E-state index is 12.9. The van der Waals surface area contributed by atoms with Crippen molar-refractivity contribution in [3.05, 3.63) is 85.1 Å². The Labute approximate surface area is 445 Å². The van der Waals surface area contributed by atoms with Crippen molar-refractivity contribution < 1.29 is 28.6 Å². The van der Waals surface area contributed by atoms with E-state index in [4.69, 9.17) is 14.2 Å². The summed E-state index contributed by atoms with van der Waals surface area (Å²) in [6.07, 6.45) is 78.7. The van der Waals surface area contributed by atoms with Crippen molar-refractivity contribution in [2.24, 2.45) is 0 Å². The minimum absolute atomic E-state index is 0.0930. The molecule has 0 fully saturated rings. The smallest absolute Gasteiger partial charge is 0.306 e. The van der Waals surface area contributed by atoms with Crippen LogP contribution < -0.4 is 0 Å². The Morgan fingerprint density at radius 1 is 0.292 bits per heavy atom. The van der Waals surface area contributed by atoms with E-state index in [1.165, 1.54) is 154 Å². The Morgan fingerprint density at radius 3 is 0.875 bits per heavy atom. The van der Waals surface area contributed by atoms with Crippen molar-refractivity contribution >= 4 is 17.9 Å². The summed E-state index contributed by atoms with van der Waals surface area (Å²) in [4.78, 5) is 38.2. The predicted octanol–water partition coefficient (Wildman–Crippen LogP) is 20.7. The van der Waals surface area contributed by atoms with Gasteiger partial charge in [0.25, 0.3) is 0 Å². The average Bonchev–Trinajstić information content (AvgIpc) is 3.38. The minimum Gasteiger partial charge on any atom is -0.462 e. The molecule has 0 aliphatic rings. The molecule has 6 heteroatoms. The van der Waals surface area contributed by atoms with E-state index < -0.39 is 6.10 Å². The zero-order valence-electron chi connectivity index (χ0n) is 47.4. The first-order valence-electron chi connectivity index (χ1n) is 30.6. The van der Waals surface area contributed by atoms with Crippen LogP contribution in [0.25, 0.3) is 0 Å². The van der Waals surface area contributed by atoms with Crippen LogP contribution in [0.2, 0.25) is 0 Å². The van der Waals surface area contributed by atoms with Crippen LogP contribution in [0.3, 0.4) is 0 Å². The van der Waals surface area contributed by atoms with Gasteiger partial charge in [-0.05, 0) is 116 Å². The summed E-state index contributed by atoms with van der Waals surface area (Å²) < 4.78 is 16.9. The number of unbranched alkanes of at least 4 members (excludes halogenated alkanes) is 30. The molecule has 1 atom stereocenters. The zero-order chi connectivity index (χ0) is 52.2. The first-order valence-corrected chi connectivity index (χ1v) is 30.6. The van der Waals surface area contributed by atoms with E-state index in [0.717, 1.165) is 103 Å². The van der Waals surface area contributed by atoms with Gasteiger partial charge in [-0.25, -0.2) is 0 Å². The second kappa shape index (κ2) is 60.1. The van der Waals surface area contributed by atoms with Crippen LogP contribution in [0.4, 0.5) is 0 Å². The third-order valence-corrected chi connectivity index (χ3v) is 13.1. The van der Waals surface area contributed by atoms with Gasteiger partial charge in [0.15, 0.2) is 6.10 Å². The third-order valence-electron chi connectivity index (χ3n) is 13.1. The number of carbonyl (C=O) groups is 3. The molecule has 72 heavy (non-hydrogen) atoms. The maximum absolute atomic E-state index is 12.9. The largest absolute Gasteiger partial charge is 0.462 e. The summed E-state index contributed by atoms with van der Waals surface area (Å²) in [7, 11) is 0. The van der Waals surface area contributed by atoms with Gasteiger partial charge in [-0.1, -0.05) is 247 Å². The number of ether oxygens (including phenoxy) is 3. The van der Waals surface area contributed by atoms with Crippen LogP contribution in [0.15, 0.2) is 85.1 Å². The Morgan fingerprint density at radius 2 is 0.542 bits per heavy atom. The van der Waals surface area contributed by atoms with Crippen molar-refractivity contribution in [2.45, 2.75) is 303 Å². The summed E-state index contributed by atoms with van der Waals surface area (Å²) >= 11 is 0. The van der Waals surface area contributed by atoms with Gasteiger partial charge in [0, 0.05) is 19.3 Å². The van der Waals surface area contributed by atoms with Crippen molar-refractivity contribution in [1.29, 1.82) is 0 Å². The molecule has 0 rings (SSSR count). The van der Waals surface area contributed by atoms with Gasteiger partial charge in [-0.15, -0.1) is 0 Å². The Bertz CT molecular complexity index is 1380. The lowest BCUT2D eigenvalue weighted by Crippen LogP contribution is -2.30. The van der Waals surface area contributed by atoms with Crippen LogP contribution in [0.1, 0.15) is 297 Å². The highest BCUT2D eigenvalue weighted by Gasteiger charge is 2.19. The molecule has 0 saturated carbocycles. The molecule has 0 aromatic heterocycles. The van der Waals surface area contributed by atoms with Gasteiger partial charge in [0.2, 0.25) is 0 Å². The third kappa shape index (κ3) is 57.5. The molecule has 0 bridgehead atoms. The van der Waals surface area contributed by atoms with Gasteiger partial charge in [0.1, 0.15) is 13.2 Å². The van der Waals surface area contributed by atoms with Crippen LogP contribution in [-0.2, 0) is 28.6 Å². The number of rotatable bonds is 55. The van der Waals surface area contributed by atoms with E-state index in [1.807, 2.05) is 0 Å². The van der Waals surface area contributed by atoms with Crippen molar-refractivity contribution in [2.75, 3.05) is 13.2 Å². The Kier molecular flexibility index (Phi) is 57.3. The number of hydrogen-bond acceptors (Lipinski definition) is 6. The molecular weight excluding hydrogens is 889 g/mol. The lowest BCUT2D eigenvalue weighted by atomic mass is 10.1. The van der Waals surface area contributed by atoms with Gasteiger partial charge >= 0.3 is 17.9 Å². The quantitative estimate of drug-likeness (QED) is 0.0261. The summed E-state index contributed by atoms with van der Waals surface area (Å²) in [5.74, 6) is -0.928. The summed E-state index contributed by atoms with van der Waals surface area (Å²) in [5, 5.41) is 0. The zero-order valence-corrected chi connectivity index (χ0v) is 47.4. The molecule has 0 amide bonds. The van der Waals surface area contributed by atoms with E-state index in [0.29, 0.717) is 12.8 Å². The molecule has 0 aliphatic carbocycles. The first kappa shape index (κ1) is 68.6. The molecule has 0 aromatic rings. The molecule has 414 valence electrons. The molecule has 0 aliphatic heterocycles. The lowest BCUT2D eigenvalue weighted by molar-refractivity contribution is -0.167. The highest BCUT2D eigenvalue weighted by molar-refractivity contribution is 5.71. The van der Waals surface area contributed by atoms with Crippen LogP contribution in [0.5, 0.6) is 0 Å². The van der Waals surface area contributed by atoms with Gasteiger partial charge in [0.05, 0.1) is 0 Å².